The molecule has 18 heavy (non-hydrogen) atoms. The molecule has 4 N–H and O–H groups in total. The lowest BCUT2D eigenvalue weighted by atomic mass is 10.0. The third-order valence-electron chi connectivity index (χ3n) is 2.74. The van der Waals surface area contributed by atoms with Gasteiger partial charge in [-0.05, 0) is 6.42 Å². The van der Waals surface area contributed by atoms with Gasteiger partial charge < -0.3 is 29.9 Å². The summed E-state index contributed by atoms with van der Waals surface area (Å²) < 4.78 is 9.47. The van der Waals surface area contributed by atoms with Gasteiger partial charge in [0.25, 0.3) is 0 Å². The van der Waals surface area contributed by atoms with Gasteiger partial charge in [-0.15, -0.1) is 0 Å². The summed E-state index contributed by atoms with van der Waals surface area (Å²) in [5, 5.41) is 38.0. The number of rotatable bonds is 3. The van der Waals surface area contributed by atoms with E-state index in [-0.39, 0.29) is 6.54 Å². The van der Waals surface area contributed by atoms with Crippen molar-refractivity contribution in [2.24, 2.45) is 0 Å². The van der Waals surface area contributed by atoms with Crippen LogP contribution in [0.25, 0.3) is 0 Å². The van der Waals surface area contributed by atoms with Gasteiger partial charge in [0.15, 0.2) is 12.5 Å². The minimum Gasteiger partial charge on any atom is -0.453 e. The summed E-state index contributed by atoms with van der Waals surface area (Å²) in [6, 6.07) is 0. The molecule has 8 nitrogen and oxygen atoms in total. The second-order valence-corrected chi connectivity index (χ2v) is 4.05. The van der Waals surface area contributed by atoms with E-state index in [4.69, 9.17) is 4.74 Å². The summed E-state index contributed by atoms with van der Waals surface area (Å²) in [6.45, 7) is 2.01. The van der Waals surface area contributed by atoms with Crippen LogP contribution in [0.3, 0.4) is 0 Å². The summed E-state index contributed by atoms with van der Waals surface area (Å²) >= 11 is 0. The zero-order valence-corrected chi connectivity index (χ0v) is 10.3. The number of aliphatic hydroxyl groups is 4. The number of methoxy groups -OCH3 is 1. The maximum atomic E-state index is 11.5. The fourth-order valence-corrected chi connectivity index (χ4v) is 1.78. The van der Waals surface area contributed by atoms with E-state index in [0.717, 1.165) is 4.90 Å². The van der Waals surface area contributed by atoms with E-state index >= 15 is 0 Å². The number of ether oxygens (including phenoxy) is 2. The quantitative estimate of drug-likeness (QED) is 0.476. The Kier molecular flexibility index (Phi) is 5.29. The molecular formula is C10H19NO7. The maximum absolute atomic E-state index is 11.5. The molecule has 1 amide bonds. The Balaban J connectivity index is 2.86. The first-order chi connectivity index (χ1) is 8.43. The van der Waals surface area contributed by atoms with Crippen LogP contribution in [0.1, 0.15) is 13.3 Å². The molecular weight excluding hydrogens is 246 g/mol. The number of hydrogen-bond donors (Lipinski definition) is 4. The zero-order chi connectivity index (χ0) is 13.9. The summed E-state index contributed by atoms with van der Waals surface area (Å²) in [5.74, 6) is 0. The molecule has 106 valence electrons. The van der Waals surface area contributed by atoms with Crippen LogP contribution in [-0.4, -0.2) is 75.9 Å². The van der Waals surface area contributed by atoms with Gasteiger partial charge in [0.05, 0.1) is 7.11 Å². The molecule has 1 aliphatic rings. The predicted octanol–water partition coefficient (Wildman–Crippen LogP) is -1.78. The minimum atomic E-state index is -1.68. The van der Waals surface area contributed by atoms with Crippen molar-refractivity contribution < 1.29 is 34.7 Å². The van der Waals surface area contributed by atoms with Gasteiger partial charge in [0, 0.05) is 6.54 Å². The van der Waals surface area contributed by atoms with Crippen molar-refractivity contribution in [3.8, 4) is 0 Å². The van der Waals surface area contributed by atoms with Crippen molar-refractivity contribution >= 4 is 6.09 Å². The van der Waals surface area contributed by atoms with Crippen LogP contribution < -0.4 is 0 Å². The summed E-state index contributed by atoms with van der Waals surface area (Å²) in [7, 11) is 1.17. The highest BCUT2D eigenvalue weighted by Crippen LogP contribution is 2.23. The van der Waals surface area contributed by atoms with Crippen molar-refractivity contribution in [1.82, 2.24) is 4.90 Å². The van der Waals surface area contributed by atoms with Crippen LogP contribution in [0.4, 0.5) is 4.79 Å². The highest BCUT2D eigenvalue weighted by Gasteiger charge is 2.46. The molecule has 0 aromatic carbocycles. The first kappa shape index (κ1) is 15.1. The molecule has 0 aromatic heterocycles. The molecule has 0 aliphatic carbocycles. The second kappa shape index (κ2) is 6.30. The molecule has 0 bridgehead atoms. The normalized spacial score (nSPS) is 36.2. The van der Waals surface area contributed by atoms with Crippen molar-refractivity contribution in [3.05, 3.63) is 0 Å². The van der Waals surface area contributed by atoms with Crippen molar-refractivity contribution in [2.45, 2.75) is 44.2 Å². The number of aliphatic hydroxyl groups excluding tert-OH is 4. The van der Waals surface area contributed by atoms with Crippen molar-refractivity contribution in [3.63, 3.8) is 0 Å². The van der Waals surface area contributed by atoms with E-state index in [1.807, 2.05) is 0 Å². The van der Waals surface area contributed by atoms with E-state index in [1.54, 1.807) is 6.92 Å². The van der Waals surface area contributed by atoms with Crippen LogP contribution in [0.2, 0.25) is 0 Å². The van der Waals surface area contributed by atoms with Gasteiger partial charge >= 0.3 is 6.09 Å². The molecule has 0 spiro atoms. The van der Waals surface area contributed by atoms with E-state index in [1.165, 1.54) is 7.11 Å². The molecule has 0 radical (unpaired) electrons. The molecule has 1 saturated heterocycles. The summed E-state index contributed by atoms with van der Waals surface area (Å²) in [4.78, 5) is 12.6. The summed E-state index contributed by atoms with van der Waals surface area (Å²) in [6.07, 6.45) is -7.91. The number of amides is 1. The standard InChI is InChI=1S/C10H19NO7/c1-3-4-11(10(16)17-2)8-6(13)5(12)7(14)9(15)18-8/h5-9,12-15H,3-4H2,1-2H3/t5-,6-,7+,8+,9+/m0/s1. The highest BCUT2D eigenvalue weighted by atomic mass is 16.7. The van der Waals surface area contributed by atoms with E-state index < -0.39 is 36.9 Å². The zero-order valence-electron chi connectivity index (χ0n) is 10.3. The molecule has 1 rings (SSSR count). The number of carbonyl (C=O) groups excluding carboxylic acids is 1. The third-order valence-corrected chi connectivity index (χ3v) is 2.74. The van der Waals surface area contributed by atoms with Gasteiger partial charge in [-0.25, -0.2) is 4.79 Å². The topological polar surface area (TPSA) is 120 Å². The van der Waals surface area contributed by atoms with Crippen LogP contribution in [0.15, 0.2) is 0 Å². The van der Waals surface area contributed by atoms with Gasteiger partial charge in [0.1, 0.15) is 18.3 Å². The Bertz CT molecular complexity index is 287. The van der Waals surface area contributed by atoms with E-state index in [0.29, 0.717) is 6.42 Å². The Morgan fingerprint density at radius 3 is 2.33 bits per heavy atom. The maximum Gasteiger partial charge on any atom is 0.411 e. The molecule has 0 aromatic rings. The van der Waals surface area contributed by atoms with Crippen molar-refractivity contribution in [1.29, 1.82) is 0 Å². The second-order valence-electron chi connectivity index (χ2n) is 4.05. The fraction of sp³-hybridized carbons (Fsp3) is 0.900. The van der Waals surface area contributed by atoms with E-state index in [2.05, 4.69) is 4.74 Å². The highest BCUT2D eigenvalue weighted by molar-refractivity contribution is 5.67. The molecule has 0 unspecified atom stereocenters. The first-order valence-corrected chi connectivity index (χ1v) is 5.66. The Hall–Kier alpha value is -0.930. The predicted molar refractivity (Wildman–Crippen MR) is 58.3 cm³/mol. The van der Waals surface area contributed by atoms with Gasteiger partial charge in [-0.2, -0.15) is 0 Å². The average Bonchev–Trinajstić information content (AvgIpc) is 2.37. The van der Waals surface area contributed by atoms with Gasteiger partial charge in [-0.1, -0.05) is 6.92 Å². The Morgan fingerprint density at radius 1 is 1.22 bits per heavy atom. The van der Waals surface area contributed by atoms with Crippen molar-refractivity contribution in [2.75, 3.05) is 13.7 Å². The van der Waals surface area contributed by atoms with Crippen LogP contribution in [0.5, 0.6) is 0 Å². The Morgan fingerprint density at radius 2 is 1.83 bits per heavy atom. The molecule has 1 heterocycles. The van der Waals surface area contributed by atoms with Crippen LogP contribution in [0, 0.1) is 0 Å². The SMILES string of the molecule is CCCN(C(=O)OC)[C@@H]1O[C@@H](O)[C@H](O)[C@@H](O)[C@@H]1O. The molecule has 1 aliphatic heterocycles. The number of nitrogens with zero attached hydrogens (tertiary/aromatic N) is 1. The largest absolute Gasteiger partial charge is 0.453 e. The summed E-state index contributed by atoms with van der Waals surface area (Å²) in [5.41, 5.74) is 0. The molecule has 1 fully saturated rings. The number of hydrogen-bond acceptors (Lipinski definition) is 7. The Labute approximate surface area is 104 Å². The average molecular weight is 265 g/mol. The van der Waals surface area contributed by atoms with Crippen LogP contribution in [-0.2, 0) is 9.47 Å². The monoisotopic (exact) mass is 265 g/mol. The third kappa shape index (κ3) is 2.90. The minimum absolute atomic E-state index is 0.212. The van der Waals surface area contributed by atoms with Gasteiger partial charge in [0.2, 0.25) is 0 Å². The lowest BCUT2D eigenvalue weighted by Crippen LogP contribution is -2.63. The molecule has 0 saturated carbocycles. The molecule has 5 atom stereocenters. The lowest BCUT2D eigenvalue weighted by molar-refractivity contribution is -0.305. The number of carbonyl (C=O) groups is 1. The van der Waals surface area contributed by atoms with Gasteiger partial charge in [-0.3, -0.25) is 4.90 Å². The first-order valence-electron chi connectivity index (χ1n) is 5.66. The molecule has 8 heteroatoms. The van der Waals surface area contributed by atoms with E-state index in [9.17, 15) is 25.2 Å². The smallest absolute Gasteiger partial charge is 0.411 e. The lowest BCUT2D eigenvalue weighted by Gasteiger charge is -2.42. The fourth-order valence-electron chi connectivity index (χ4n) is 1.78. The van der Waals surface area contributed by atoms with Crippen LogP contribution >= 0.6 is 0 Å².